The zero-order valence-electron chi connectivity index (χ0n) is 9.20. The first-order chi connectivity index (χ1) is 7.85. The third-order valence-electron chi connectivity index (χ3n) is 1.95. The Morgan fingerprint density at radius 1 is 1.53 bits per heavy atom. The van der Waals surface area contributed by atoms with Gasteiger partial charge in [-0.2, -0.15) is 9.77 Å². The second-order valence-corrected chi connectivity index (χ2v) is 6.66. The fourth-order valence-electron chi connectivity index (χ4n) is 1.23. The minimum Gasteiger partial charge on any atom is -0.739 e. The predicted octanol–water partition coefficient (Wildman–Crippen LogP) is -1.10. The van der Waals surface area contributed by atoms with Crippen LogP contribution in [0.1, 0.15) is 19.2 Å². The van der Waals surface area contributed by atoms with Gasteiger partial charge < -0.3 is 10.4 Å². The van der Waals surface area contributed by atoms with Crippen molar-refractivity contribution < 1.29 is 13.0 Å². The molecule has 0 radical (unpaired) electrons. The van der Waals surface area contributed by atoms with Crippen LogP contribution in [-0.2, 0) is 22.1 Å². The first kappa shape index (κ1) is 14.1. The Bertz CT molecular complexity index is 533. The summed E-state index contributed by atoms with van der Waals surface area (Å²) >= 11 is 0. The largest absolute Gasteiger partial charge is 0.739 e. The van der Waals surface area contributed by atoms with Gasteiger partial charge in [-0.05, 0) is 17.2 Å². The third-order valence-corrected chi connectivity index (χ3v) is 3.95. The average Bonchev–Trinajstić information content (AvgIpc) is 2.46. The van der Waals surface area contributed by atoms with E-state index in [1.54, 1.807) is 0 Å². The minimum absolute atomic E-state index is 0.0334. The number of rotatable bonds is 6. The number of aromatic nitrogens is 3. The minimum atomic E-state index is -4.34. The first-order valence-corrected chi connectivity index (χ1v) is 7.80. The summed E-state index contributed by atoms with van der Waals surface area (Å²) in [7, 11) is -4.10. The molecule has 98 valence electrons. The summed E-state index contributed by atoms with van der Waals surface area (Å²) in [4.78, 5) is 11.5. The van der Waals surface area contributed by atoms with Crippen LogP contribution in [0.4, 0.5) is 0 Å². The molecule has 8 nitrogen and oxygen atoms in total. The Balaban J connectivity index is 2.72. The van der Waals surface area contributed by atoms with Gasteiger partial charge in [0, 0.05) is 12.2 Å². The van der Waals surface area contributed by atoms with Crippen molar-refractivity contribution in [3.63, 3.8) is 0 Å². The van der Waals surface area contributed by atoms with Gasteiger partial charge in [0.05, 0.1) is 6.54 Å². The summed E-state index contributed by atoms with van der Waals surface area (Å²) in [6.07, 6.45) is 1.35. The molecule has 0 fully saturated rings. The van der Waals surface area contributed by atoms with Crippen LogP contribution in [-0.4, -0.2) is 33.2 Å². The van der Waals surface area contributed by atoms with E-state index in [2.05, 4.69) is 5.10 Å². The SMILES string of the molecule is CCCc1nn(CCSS(=O)(=O)[O-])c(=O)n1N. The maximum atomic E-state index is 11.5. The lowest BCUT2D eigenvalue weighted by Crippen LogP contribution is -2.31. The van der Waals surface area contributed by atoms with E-state index in [9.17, 15) is 17.8 Å². The van der Waals surface area contributed by atoms with Crippen LogP contribution in [0.5, 0.6) is 0 Å². The zero-order chi connectivity index (χ0) is 13.1. The first-order valence-electron chi connectivity index (χ1n) is 4.89. The highest BCUT2D eigenvalue weighted by atomic mass is 33.1. The second kappa shape index (κ2) is 5.56. The predicted molar refractivity (Wildman–Crippen MR) is 62.8 cm³/mol. The van der Waals surface area contributed by atoms with Gasteiger partial charge in [0.15, 0.2) is 5.82 Å². The van der Waals surface area contributed by atoms with Gasteiger partial charge in [0.25, 0.3) is 0 Å². The van der Waals surface area contributed by atoms with E-state index in [-0.39, 0.29) is 23.1 Å². The van der Waals surface area contributed by atoms with Crippen molar-refractivity contribution >= 4 is 19.9 Å². The summed E-state index contributed by atoms with van der Waals surface area (Å²) in [5.74, 6) is 5.89. The van der Waals surface area contributed by atoms with E-state index in [4.69, 9.17) is 5.84 Å². The van der Waals surface area contributed by atoms with E-state index >= 15 is 0 Å². The quantitative estimate of drug-likeness (QED) is 0.399. The molecule has 0 amide bonds. The number of nitrogens with zero attached hydrogens (tertiary/aromatic N) is 3. The molecule has 0 saturated heterocycles. The molecule has 10 heteroatoms. The summed E-state index contributed by atoms with van der Waals surface area (Å²) in [5, 5.41) is 3.95. The molecule has 0 aliphatic rings. The lowest BCUT2D eigenvalue weighted by molar-refractivity contribution is 0.482. The lowest BCUT2D eigenvalue weighted by Gasteiger charge is -2.04. The van der Waals surface area contributed by atoms with E-state index in [0.717, 1.165) is 15.8 Å². The molecule has 1 aromatic rings. The van der Waals surface area contributed by atoms with Gasteiger partial charge in [0.1, 0.15) is 9.15 Å². The Labute approximate surface area is 102 Å². The highest BCUT2D eigenvalue weighted by Gasteiger charge is 2.10. The molecule has 0 aliphatic carbocycles. The zero-order valence-corrected chi connectivity index (χ0v) is 10.8. The van der Waals surface area contributed by atoms with E-state index in [0.29, 0.717) is 12.2 Å². The number of nitrogen functional groups attached to an aromatic ring is 1. The van der Waals surface area contributed by atoms with Crippen LogP contribution in [0, 0.1) is 0 Å². The van der Waals surface area contributed by atoms with Crippen molar-refractivity contribution in [1.82, 2.24) is 14.5 Å². The Hall–Kier alpha value is -1.00. The number of aryl methyl sites for hydroxylation is 2. The van der Waals surface area contributed by atoms with Gasteiger partial charge in [-0.15, -0.1) is 0 Å². The topological polar surface area (TPSA) is 123 Å². The summed E-state index contributed by atoms with van der Waals surface area (Å²) < 4.78 is 33.0. The van der Waals surface area contributed by atoms with Crippen molar-refractivity contribution in [3.05, 3.63) is 16.3 Å². The standard InChI is InChI=1S/C7H14N4O4S2/c1-2-3-6-9-10(7(12)11(6)8)4-5-16-17(13,14)15/h2-5,8H2,1H3,(H,13,14,15)/p-1. The van der Waals surface area contributed by atoms with Crippen LogP contribution >= 0.6 is 10.8 Å². The van der Waals surface area contributed by atoms with Crippen LogP contribution in [0.3, 0.4) is 0 Å². The number of hydrogen-bond donors (Lipinski definition) is 1. The lowest BCUT2D eigenvalue weighted by atomic mass is 10.3. The molecule has 2 N–H and O–H groups in total. The highest BCUT2D eigenvalue weighted by molar-refractivity contribution is 8.69. The molecule has 1 rings (SSSR count). The van der Waals surface area contributed by atoms with Crippen LogP contribution < -0.4 is 11.5 Å². The monoisotopic (exact) mass is 281 g/mol. The fourth-order valence-corrected chi connectivity index (χ4v) is 2.52. The van der Waals surface area contributed by atoms with E-state index < -0.39 is 14.8 Å². The van der Waals surface area contributed by atoms with Crippen LogP contribution in [0.25, 0.3) is 0 Å². The Kier molecular flexibility index (Phi) is 4.60. The Morgan fingerprint density at radius 2 is 2.18 bits per heavy atom. The molecular weight excluding hydrogens is 268 g/mol. The summed E-state index contributed by atoms with van der Waals surface area (Å²) in [6.45, 7) is 1.95. The van der Waals surface area contributed by atoms with Crippen molar-refractivity contribution in [3.8, 4) is 0 Å². The van der Waals surface area contributed by atoms with Crippen molar-refractivity contribution in [2.75, 3.05) is 11.6 Å². The molecule has 0 atom stereocenters. The number of hydrogen-bond acceptors (Lipinski definition) is 7. The Morgan fingerprint density at radius 3 is 2.71 bits per heavy atom. The maximum absolute atomic E-state index is 11.5. The van der Waals surface area contributed by atoms with Crippen molar-refractivity contribution in [2.24, 2.45) is 0 Å². The van der Waals surface area contributed by atoms with Crippen LogP contribution in [0.2, 0.25) is 0 Å². The molecular formula is C7H13N4O4S2-. The third kappa shape index (κ3) is 4.06. The summed E-state index contributed by atoms with van der Waals surface area (Å²) in [5.41, 5.74) is -0.516. The highest BCUT2D eigenvalue weighted by Crippen LogP contribution is 2.08. The van der Waals surface area contributed by atoms with Crippen LogP contribution in [0.15, 0.2) is 4.79 Å². The molecule has 0 bridgehead atoms. The fraction of sp³-hybridized carbons (Fsp3) is 0.714. The van der Waals surface area contributed by atoms with Gasteiger partial charge >= 0.3 is 5.69 Å². The molecule has 0 unspecified atom stereocenters. The molecule has 0 spiro atoms. The van der Waals surface area contributed by atoms with Gasteiger partial charge in [-0.3, -0.25) is 0 Å². The molecule has 0 aromatic carbocycles. The molecule has 1 aromatic heterocycles. The van der Waals surface area contributed by atoms with Gasteiger partial charge in [0.2, 0.25) is 0 Å². The smallest absolute Gasteiger partial charge is 0.364 e. The van der Waals surface area contributed by atoms with Gasteiger partial charge in [-0.1, -0.05) is 6.92 Å². The van der Waals surface area contributed by atoms with Crippen molar-refractivity contribution in [1.29, 1.82) is 0 Å². The summed E-state index contributed by atoms with van der Waals surface area (Å²) in [6, 6.07) is 0. The van der Waals surface area contributed by atoms with E-state index in [1.165, 1.54) is 0 Å². The maximum Gasteiger partial charge on any atom is 0.364 e. The normalized spacial score (nSPS) is 11.9. The molecule has 0 saturated carbocycles. The van der Waals surface area contributed by atoms with E-state index in [1.807, 2.05) is 6.92 Å². The second-order valence-electron chi connectivity index (χ2n) is 3.27. The number of nitrogens with two attached hydrogens (primary N) is 1. The van der Waals surface area contributed by atoms with Gasteiger partial charge in [-0.25, -0.2) is 17.9 Å². The van der Waals surface area contributed by atoms with Crippen molar-refractivity contribution in [2.45, 2.75) is 26.3 Å². The molecule has 17 heavy (non-hydrogen) atoms. The molecule has 0 aliphatic heterocycles. The average molecular weight is 281 g/mol. The molecule has 1 heterocycles.